The number of piperazine rings is 1. The summed E-state index contributed by atoms with van der Waals surface area (Å²) in [5, 5.41) is 16.7. The zero-order valence-electron chi connectivity index (χ0n) is 19.8. The fourth-order valence-electron chi connectivity index (χ4n) is 4.02. The Morgan fingerprint density at radius 3 is 2.36 bits per heavy atom. The summed E-state index contributed by atoms with van der Waals surface area (Å²) < 4.78 is 5.26. The Hall–Kier alpha value is -4.44. The Kier molecular flexibility index (Phi) is 7.76. The van der Waals surface area contributed by atoms with Crippen LogP contribution in [-0.4, -0.2) is 61.5 Å². The molecule has 1 heterocycles. The number of nitro groups is 1. The second-order valence-electron chi connectivity index (χ2n) is 8.32. The maximum atomic E-state index is 12.6. The molecule has 4 rings (SSSR count). The fourth-order valence-corrected chi connectivity index (χ4v) is 4.02. The first-order valence-corrected chi connectivity index (χ1v) is 11.5. The van der Waals surface area contributed by atoms with Crippen LogP contribution in [0.1, 0.15) is 10.4 Å². The Labute approximate surface area is 208 Å². The number of nitrogens with one attached hydrogen (secondary N) is 2. The van der Waals surface area contributed by atoms with Gasteiger partial charge in [-0.2, -0.15) is 0 Å². The largest absolute Gasteiger partial charge is 0.495 e. The number of anilines is 3. The van der Waals surface area contributed by atoms with Gasteiger partial charge >= 0.3 is 0 Å². The van der Waals surface area contributed by atoms with Crippen LogP contribution < -0.4 is 20.3 Å². The van der Waals surface area contributed by atoms with Gasteiger partial charge in [0.05, 0.1) is 24.3 Å². The molecular weight excluding hydrogens is 462 g/mol. The monoisotopic (exact) mass is 489 g/mol. The van der Waals surface area contributed by atoms with Crippen LogP contribution in [0, 0.1) is 10.1 Å². The van der Waals surface area contributed by atoms with E-state index < -0.39 is 4.92 Å². The van der Waals surface area contributed by atoms with Crippen LogP contribution in [-0.2, 0) is 4.79 Å². The van der Waals surface area contributed by atoms with Crippen molar-refractivity contribution in [2.24, 2.45) is 0 Å². The van der Waals surface area contributed by atoms with Crippen molar-refractivity contribution in [3.63, 3.8) is 0 Å². The van der Waals surface area contributed by atoms with Crippen LogP contribution in [0.25, 0.3) is 0 Å². The van der Waals surface area contributed by atoms with Crippen LogP contribution in [0.2, 0.25) is 0 Å². The van der Waals surface area contributed by atoms with Gasteiger partial charge in [-0.05, 0) is 42.5 Å². The number of carbonyl (C=O) groups excluding carboxylic acids is 2. The first kappa shape index (κ1) is 24.7. The molecule has 1 saturated heterocycles. The van der Waals surface area contributed by atoms with E-state index in [-0.39, 0.29) is 24.0 Å². The number of methoxy groups -OCH3 is 1. The van der Waals surface area contributed by atoms with Crippen molar-refractivity contribution >= 4 is 34.6 Å². The van der Waals surface area contributed by atoms with Gasteiger partial charge in [-0.1, -0.05) is 18.2 Å². The van der Waals surface area contributed by atoms with E-state index >= 15 is 0 Å². The van der Waals surface area contributed by atoms with Gasteiger partial charge in [-0.3, -0.25) is 24.6 Å². The molecule has 1 aliphatic heterocycles. The Balaban J connectivity index is 1.26. The summed E-state index contributed by atoms with van der Waals surface area (Å²) in [6.07, 6.45) is 0. The summed E-state index contributed by atoms with van der Waals surface area (Å²) >= 11 is 0. The standard InChI is InChI=1S/C26H27N5O5/c1-36-24-8-3-2-7-23(24)28-26(33)19-9-11-20(12-10-19)27-25(32)18-29-13-15-30(16-14-29)21-5-4-6-22(17-21)31(34)35/h2-12,17H,13-16,18H2,1H3,(H,27,32)(H,28,33). The molecule has 0 aromatic heterocycles. The summed E-state index contributed by atoms with van der Waals surface area (Å²) in [5.41, 5.74) is 2.51. The van der Waals surface area contributed by atoms with E-state index in [4.69, 9.17) is 4.74 Å². The molecule has 0 bridgehead atoms. The smallest absolute Gasteiger partial charge is 0.271 e. The Morgan fingerprint density at radius 2 is 1.67 bits per heavy atom. The van der Waals surface area contributed by atoms with Gasteiger partial charge in [-0.25, -0.2) is 0 Å². The van der Waals surface area contributed by atoms with E-state index in [1.54, 1.807) is 55.6 Å². The number of para-hydroxylation sites is 2. The molecule has 186 valence electrons. The van der Waals surface area contributed by atoms with E-state index in [9.17, 15) is 19.7 Å². The number of non-ortho nitro benzene ring substituents is 1. The van der Waals surface area contributed by atoms with Gasteiger partial charge in [0.1, 0.15) is 5.75 Å². The first-order valence-electron chi connectivity index (χ1n) is 11.5. The van der Waals surface area contributed by atoms with Gasteiger partial charge < -0.3 is 20.3 Å². The molecule has 0 atom stereocenters. The molecular formula is C26H27N5O5. The number of hydrogen-bond acceptors (Lipinski definition) is 7. The van der Waals surface area contributed by atoms with Crippen LogP contribution in [0.4, 0.5) is 22.7 Å². The maximum Gasteiger partial charge on any atom is 0.271 e. The van der Waals surface area contributed by atoms with E-state index in [0.29, 0.717) is 48.9 Å². The molecule has 36 heavy (non-hydrogen) atoms. The third-order valence-corrected chi connectivity index (χ3v) is 5.93. The van der Waals surface area contributed by atoms with E-state index in [1.165, 1.54) is 6.07 Å². The number of nitrogens with zero attached hydrogens (tertiary/aromatic N) is 3. The molecule has 0 radical (unpaired) electrons. The number of amides is 2. The summed E-state index contributed by atoms with van der Waals surface area (Å²) in [4.78, 5) is 39.8. The number of hydrogen-bond donors (Lipinski definition) is 2. The van der Waals surface area contributed by atoms with Gasteiger partial charge in [0, 0.05) is 55.2 Å². The lowest BCUT2D eigenvalue weighted by molar-refractivity contribution is -0.384. The van der Waals surface area contributed by atoms with E-state index in [2.05, 4.69) is 15.5 Å². The predicted molar refractivity (Wildman–Crippen MR) is 138 cm³/mol. The topological polar surface area (TPSA) is 117 Å². The zero-order chi connectivity index (χ0) is 25.5. The molecule has 10 nitrogen and oxygen atoms in total. The van der Waals surface area contributed by atoms with Crippen molar-refractivity contribution in [2.75, 3.05) is 55.4 Å². The van der Waals surface area contributed by atoms with Crippen LogP contribution >= 0.6 is 0 Å². The summed E-state index contributed by atoms with van der Waals surface area (Å²) in [5.74, 6) is 0.143. The highest BCUT2D eigenvalue weighted by Gasteiger charge is 2.20. The predicted octanol–water partition coefficient (Wildman–Crippen LogP) is 3.62. The molecule has 0 spiro atoms. The van der Waals surface area contributed by atoms with E-state index in [0.717, 1.165) is 5.69 Å². The molecule has 1 aliphatic rings. The Morgan fingerprint density at radius 1 is 0.944 bits per heavy atom. The Bertz CT molecular complexity index is 1240. The van der Waals surface area contributed by atoms with Crippen molar-refractivity contribution in [3.05, 3.63) is 88.5 Å². The number of benzene rings is 3. The fraction of sp³-hybridized carbons (Fsp3) is 0.231. The number of carbonyl (C=O) groups is 2. The molecule has 1 fully saturated rings. The third-order valence-electron chi connectivity index (χ3n) is 5.93. The van der Waals surface area contributed by atoms with Crippen molar-refractivity contribution in [1.82, 2.24) is 4.90 Å². The lowest BCUT2D eigenvalue weighted by atomic mass is 10.2. The molecule has 10 heteroatoms. The van der Waals surface area contributed by atoms with Crippen molar-refractivity contribution in [3.8, 4) is 5.75 Å². The maximum absolute atomic E-state index is 12.6. The number of nitro benzene ring substituents is 1. The van der Waals surface area contributed by atoms with Gasteiger partial charge in [0.25, 0.3) is 11.6 Å². The van der Waals surface area contributed by atoms with Crippen LogP contribution in [0.15, 0.2) is 72.8 Å². The average molecular weight is 490 g/mol. The second-order valence-corrected chi connectivity index (χ2v) is 8.32. The van der Waals surface area contributed by atoms with Crippen molar-refractivity contribution < 1.29 is 19.2 Å². The second kappa shape index (κ2) is 11.3. The lowest BCUT2D eigenvalue weighted by Crippen LogP contribution is -2.48. The van der Waals surface area contributed by atoms with Gasteiger partial charge in [0.2, 0.25) is 5.91 Å². The van der Waals surface area contributed by atoms with Crippen molar-refractivity contribution in [2.45, 2.75) is 0 Å². The summed E-state index contributed by atoms with van der Waals surface area (Å²) in [6, 6.07) is 20.4. The quantitative estimate of drug-likeness (QED) is 0.367. The molecule has 2 amide bonds. The zero-order valence-corrected chi connectivity index (χ0v) is 19.8. The minimum absolute atomic E-state index is 0.0672. The highest BCUT2D eigenvalue weighted by atomic mass is 16.6. The molecule has 0 aliphatic carbocycles. The molecule has 0 unspecified atom stereocenters. The van der Waals surface area contributed by atoms with Gasteiger partial charge in [-0.15, -0.1) is 0 Å². The highest BCUT2D eigenvalue weighted by molar-refractivity contribution is 6.05. The third kappa shape index (κ3) is 6.16. The summed E-state index contributed by atoms with van der Waals surface area (Å²) in [6.45, 7) is 2.91. The highest BCUT2D eigenvalue weighted by Crippen LogP contribution is 2.24. The molecule has 3 aromatic carbocycles. The normalized spacial score (nSPS) is 13.6. The molecule has 3 aromatic rings. The average Bonchev–Trinajstić information content (AvgIpc) is 2.90. The number of rotatable bonds is 8. The van der Waals surface area contributed by atoms with Gasteiger partial charge in [0.15, 0.2) is 0 Å². The molecule has 0 saturated carbocycles. The lowest BCUT2D eigenvalue weighted by Gasteiger charge is -2.35. The van der Waals surface area contributed by atoms with E-state index in [1.807, 2.05) is 23.1 Å². The van der Waals surface area contributed by atoms with Crippen LogP contribution in [0.5, 0.6) is 5.75 Å². The SMILES string of the molecule is COc1ccccc1NC(=O)c1ccc(NC(=O)CN2CCN(c3cccc([N+](=O)[O-])c3)CC2)cc1. The number of ether oxygens (including phenoxy) is 1. The molecule has 2 N–H and O–H groups in total. The van der Waals surface area contributed by atoms with Crippen LogP contribution in [0.3, 0.4) is 0 Å². The minimum atomic E-state index is -0.399. The minimum Gasteiger partial charge on any atom is -0.495 e. The summed E-state index contributed by atoms with van der Waals surface area (Å²) in [7, 11) is 1.54. The first-order chi connectivity index (χ1) is 17.4. The van der Waals surface area contributed by atoms with Crippen molar-refractivity contribution in [1.29, 1.82) is 0 Å².